The maximum atomic E-state index is 5.66. The van der Waals surface area contributed by atoms with Crippen LogP contribution >= 0.6 is 0 Å². The SMILES string of the molecule is COc1cc(Nc2cccc3c2nc(C)n3Cc2ccccc2)ccc1-n1cnc(C)c1. The van der Waals surface area contributed by atoms with Crippen LogP contribution < -0.4 is 10.1 Å². The third kappa shape index (κ3) is 3.71. The third-order valence-electron chi connectivity index (χ3n) is 5.60. The van der Waals surface area contributed by atoms with E-state index in [0.717, 1.165) is 51.9 Å². The van der Waals surface area contributed by atoms with Gasteiger partial charge < -0.3 is 19.2 Å². The molecule has 160 valence electrons. The van der Waals surface area contributed by atoms with Gasteiger partial charge in [0, 0.05) is 24.5 Å². The second kappa shape index (κ2) is 8.23. The topological polar surface area (TPSA) is 56.9 Å². The zero-order valence-electron chi connectivity index (χ0n) is 18.4. The van der Waals surface area contributed by atoms with Crippen molar-refractivity contribution in [3.8, 4) is 11.4 Å². The molecule has 32 heavy (non-hydrogen) atoms. The summed E-state index contributed by atoms with van der Waals surface area (Å²) < 4.78 is 9.87. The average Bonchev–Trinajstić information content (AvgIpc) is 3.38. The van der Waals surface area contributed by atoms with Gasteiger partial charge in [0.15, 0.2) is 0 Å². The van der Waals surface area contributed by atoms with E-state index in [4.69, 9.17) is 9.72 Å². The highest BCUT2D eigenvalue weighted by Crippen LogP contribution is 2.31. The molecule has 0 aliphatic carbocycles. The summed E-state index contributed by atoms with van der Waals surface area (Å²) in [6, 6.07) is 22.8. The Balaban J connectivity index is 1.49. The Labute approximate surface area is 187 Å². The van der Waals surface area contributed by atoms with Crippen LogP contribution in [-0.4, -0.2) is 26.2 Å². The third-order valence-corrected chi connectivity index (χ3v) is 5.60. The fraction of sp³-hybridized carbons (Fsp3) is 0.154. The van der Waals surface area contributed by atoms with Gasteiger partial charge in [0.05, 0.1) is 36.0 Å². The summed E-state index contributed by atoms with van der Waals surface area (Å²) in [6.45, 7) is 4.82. The first-order valence-corrected chi connectivity index (χ1v) is 10.6. The van der Waals surface area contributed by atoms with Crippen molar-refractivity contribution in [3.05, 3.63) is 96.3 Å². The van der Waals surface area contributed by atoms with Crippen molar-refractivity contribution < 1.29 is 4.74 Å². The van der Waals surface area contributed by atoms with Crippen LogP contribution in [-0.2, 0) is 6.54 Å². The molecule has 0 fully saturated rings. The maximum Gasteiger partial charge on any atom is 0.144 e. The van der Waals surface area contributed by atoms with Crippen LogP contribution in [0.2, 0.25) is 0 Å². The number of para-hydroxylation sites is 1. The predicted octanol–water partition coefficient (Wildman–Crippen LogP) is 5.64. The highest BCUT2D eigenvalue weighted by Gasteiger charge is 2.13. The molecule has 0 atom stereocenters. The number of methoxy groups -OCH3 is 1. The summed E-state index contributed by atoms with van der Waals surface area (Å²) in [7, 11) is 1.68. The molecule has 0 radical (unpaired) electrons. The minimum atomic E-state index is 0.769. The first-order chi connectivity index (χ1) is 15.6. The van der Waals surface area contributed by atoms with Gasteiger partial charge in [-0.05, 0) is 43.7 Å². The Bertz CT molecular complexity index is 1380. The van der Waals surface area contributed by atoms with Crippen LogP contribution in [0.4, 0.5) is 11.4 Å². The second-order valence-corrected chi connectivity index (χ2v) is 7.84. The van der Waals surface area contributed by atoms with Crippen LogP contribution in [0.1, 0.15) is 17.1 Å². The minimum absolute atomic E-state index is 0.769. The molecule has 0 amide bonds. The number of hydrogen-bond acceptors (Lipinski definition) is 4. The van der Waals surface area contributed by atoms with Crippen LogP contribution in [0, 0.1) is 13.8 Å². The maximum absolute atomic E-state index is 5.66. The molecular weight excluding hydrogens is 398 g/mol. The lowest BCUT2D eigenvalue weighted by Gasteiger charge is -2.13. The van der Waals surface area contributed by atoms with E-state index in [-0.39, 0.29) is 0 Å². The predicted molar refractivity (Wildman–Crippen MR) is 128 cm³/mol. The Morgan fingerprint density at radius 3 is 2.56 bits per heavy atom. The van der Waals surface area contributed by atoms with Gasteiger partial charge in [-0.1, -0.05) is 36.4 Å². The number of fused-ring (bicyclic) bond motifs is 1. The van der Waals surface area contributed by atoms with E-state index >= 15 is 0 Å². The van der Waals surface area contributed by atoms with Crippen LogP contribution in [0.5, 0.6) is 5.75 Å². The molecule has 0 spiro atoms. The van der Waals surface area contributed by atoms with E-state index in [2.05, 4.69) is 64.3 Å². The van der Waals surface area contributed by atoms with Crippen molar-refractivity contribution in [2.75, 3.05) is 12.4 Å². The number of aromatic nitrogens is 4. The summed E-state index contributed by atoms with van der Waals surface area (Å²) in [6.07, 6.45) is 3.77. The minimum Gasteiger partial charge on any atom is -0.494 e. The van der Waals surface area contributed by atoms with Crippen molar-refractivity contribution in [1.29, 1.82) is 0 Å². The molecule has 2 aromatic heterocycles. The number of benzene rings is 3. The average molecular weight is 424 g/mol. The summed E-state index contributed by atoms with van der Waals surface area (Å²) >= 11 is 0. The van der Waals surface area contributed by atoms with E-state index in [1.165, 1.54) is 5.56 Å². The zero-order valence-corrected chi connectivity index (χ0v) is 18.4. The van der Waals surface area contributed by atoms with Crippen molar-refractivity contribution in [1.82, 2.24) is 19.1 Å². The fourth-order valence-electron chi connectivity index (χ4n) is 4.01. The molecule has 0 aliphatic heterocycles. The van der Waals surface area contributed by atoms with Crippen molar-refractivity contribution in [2.45, 2.75) is 20.4 Å². The molecule has 5 rings (SSSR count). The quantitative estimate of drug-likeness (QED) is 0.384. The Kier molecular flexibility index (Phi) is 5.11. The zero-order chi connectivity index (χ0) is 22.1. The highest BCUT2D eigenvalue weighted by atomic mass is 16.5. The first kappa shape index (κ1) is 19.9. The fourth-order valence-corrected chi connectivity index (χ4v) is 4.01. The summed E-state index contributed by atoms with van der Waals surface area (Å²) in [4.78, 5) is 9.19. The second-order valence-electron chi connectivity index (χ2n) is 7.84. The molecule has 1 N–H and O–H groups in total. The molecule has 0 bridgehead atoms. The lowest BCUT2D eigenvalue weighted by atomic mass is 10.2. The number of rotatable bonds is 6. The van der Waals surface area contributed by atoms with Crippen LogP contribution in [0.25, 0.3) is 16.7 Å². The first-order valence-electron chi connectivity index (χ1n) is 10.6. The summed E-state index contributed by atoms with van der Waals surface area (Å²) in [5.41, 5.74) is 7.12. The Morgan fingerprint density at radius 2 is 1.81 bits per heavy atom. The van der Waals surface area contributed by atoms with Gasteiger partial charge in [-0.15, -0.1) is 0 Å². The van der Waals surface area contributed by atoms with Crippen molar-refractivity contribution in [2.24, 2.45) is 0 Å². The van der Waals surface area contributed by atoms with Gasteiger partial charge in [-0.3, -0.25) is 0 Å². The van der Waals surface area contributed by atoms with Gasteiger partial charge in [0.1, 0.15) is 17.1 Å². The normalized spacial score (nSPS) is 11.1. The molecule has 5 aromatic rings. The molecule has 0 saturated carbocycles. The smallest absolute Gasteiger partial charge is 0.144 e. The number of nitrogens with one attached hydrogen (secondary N) is 1. The lowest BCUT2D eigenvalue weighted by molar-refractivity contribution is 0.413. The van der Waals surface area contributed by atoms with Gasteiger partial charge >= 0.3 is 0 Å². The van der Waals surface area contributed by atoms with Gasteiger partial charge in [-0.25, -0.2) is 9.97 Å². The molecule has 0 aliphatic rings. The number of ether oxygens (including phenoxy) is 1. The Morgan fingerprint density at radius 1 is 0.969 bits per heavy atom. The number of imidazole rings is 2. The number of aryl methyl sites for hydroxylation is 2. The largest absolute Gasteiger partial charge is 0.494 e. The number of anilines is 2. The van der Waals surface area contributed by atoms with Crippen molar-refractivity contribution in [3.63, 3.8) is 0 Å². The molecule has 6 heteroatoms. The van der Waals surface area contributed by atoms with Crippen molar-refractivity contribution >= 4 is 22.4 Å². The molecule has 0 unspecified atom stereocenters. The van der Waals surface area contributed by atoms with E-state index in [1.807, 2.05) is 42.0 Å². The van der Waals surface area contributed by atoms with Gasteiger partial charge in [0.2, 0.25) is 0 Å². The van der Waals surface area contributed by atoms with Gasteiger partial charge in [0.25, 0.3) is 0 Å². The van der Waals surface area contributed by atoms with Crippen LogP contribution in [0.3, 0.4) is 0 Å². The summed E-state index contributed by atoms with van der Waals surface area (Å²) in [5.74, 6) is 1.76. The number of hydrogen-bond donors (Lipinski definition) is 1. The molecule has 6 nitrogen and oxygen atoms in total. The molecule has 2 heterocycles. The van der Waals surface area contributed by atoms with Crippen LogP contribution in [0.15, 0.2) is 79.3 Å². The van der Waals surface area contributed by atoms with E-state index < -0.39 is 0 Å². The summed E-state index contributed by atoms with van der Waals surface area (Å²) in [5, 5.41) is 3.53. The highest BCUT2D eigenvalue weighted by molar-refractivity contribution is 5.91. The van der Waals surface area contributed by atoms with E-state index in [0.29, 0.717) is 0 Å². The Hall–Kier alpha value is -4.06. The van der Waals surface area contributed by atoms with E-state index in [9.17, 15) is 0 Å². The molecule has 3 aromatic carbocycles. The monoisotopic (exact) mass is 423 g/mol. The standard InChI is InChI=1S/C26H25N5O/c1-18-15-30(17-27-18)23-13-12-21(14-25(23)32-3)29-22-10-7-11-24-26(22)28-19(2)31(24)16-20-8-5-4-6-9-20/h4-15,17,29H,16H2,1-3H3. The molecular formula is C26H25N5O. The lowest BCUT2D eigenvalue weighted by Crippen LogP contribution is -2.01. The number of nitrogens with zero attached hydrogens (tertiary/aromatic N) is 4. The van der Waals surface area contributed by atoms with Gasteiger partial charge in [-0.2, -0.15) is 0 Å². The van der Waals surface area contributed by atoms with E-state index in [1.54, 1.807) is 13.4 Å². The molecule has 0 saturated heterocycles.